The first-order valence-corrected chi connectivity index (χ1v) is 8.68. The summed E-state index contributed by atoms with van der Waals surface area (Å²) in [5, 5.41) is 5.38. The lowest BCUT2D eigenvalue weighted by Gasteiger charge is -2.21. The Hall–Kier alpha value is -2.37. The molecule has 1 aromatic rings. The SMILES string of the molecule is CC[C@H](C)[C@@H](C=O)NC(=O)[C@H](C)CCNC(=O)OCc1ccccc1. The van der Waals surface area contributed by atoms with Crippen LogP contribution in [0.1, 0.15) is 39.2 Å². The maximum Gasteiger partial charge on any atom is 0.407 e. The molecular formula is C19H28N2O4. The number of benzene rings is 1. The van der Waals surface area contributed by atoms with E-state index in [1.54, 1.807) is 6.92 Å². The third kappa shape index (κ3) is 7.83. The van der Waals surface area contributed by atoms with E-state index in [0.717, 1.165) is 18.3 Å². The number of alkyl carbamates (subject to hydrolysis) is 1. The van der Waals surface area contributed by atoms with Crippen LogP contribution in [-0.4, -0.2) is 30.9 Å². The fourth-order valence-electron chi connectivity index (χ4n) is 2.17. The highest BCUT2D eigenvalue weighted by atomic mass is 16.5. The molecular weight excluding hydrogens is 320 g/mol. The molecule has 0 aliphatic heterocycles. The number of amides is 2. The van der Waals surface area contributed by atoms with Crippen molar-refractivity contribution in [3.05, 3.63) is 35.9 Å². The van der Waals surface area contributed by atoms with Gasteiger partial charge < -0.3 is 20.2 Å². The molecule has 6 heteroatoms. The van der Waals surface area contributed by atoms with Crippen LogP contribution in [0.3, 0.4) is 0 Å². The largest absolute Gasteiger partial charge is 0.445 e. The first-order chi connectivity index (χ1) is 12.0. The summed E-state index contributed by atoms with van der Waals surface area (Å²) in [6.07, 6.45) is 1.55. The molecule has 25 heavy (non-hydrogen) atoms. The summed E-state index contributed by atoms with van der Waals surface area (Å²) in [7, 11) is 0. The lowest BCUT2D eigenvalue weighted by molar-refractivity contribution is -0.127. The van der Waals surface area contributed by atoms with Crippen molar-refractivity contribution in [2.75, 3.05) is 6.54 Å². The number of nitrogens with one attached hydrogen (secondary N) is 2. The van der Waals surface area contributed by atoms with E-state index in [9.17, 15) is 14.4 Å². The molecule has 2 N–H and O–H groups in total. The Bertz CT molecular complexity index is 548. The summed E-state index contributed by atoms with van der Waals surface area (Å²) in [6.45, 7) is 6.21. The molecule has 138 valence electrons. The average Bonchev–Trinajstić information content (AvgIpc) is 2.64. The topological polar surface area (TPSA) is 84.5 Å². The molecule has 0 aromatic heterocycles. The molecule has 0 spiro atoms. The molecule has 0 bridgehead atoms. The molecule has 0 saturated heterocycles. The maximum absolute atomic E-state index is 12.1. The van der Waals surface area contributed by atoms with Gasteiger partial charge in [0.15, 0.2) is 0 Å². The van der Waals surface area contributed by atoms with Crippen LogP contribution >= 0.6 is 0 Å². The molecule has 0 unspecified atom stereocenters. The van der Waals surface area contributed by atoms with Crippen molar-refractivity contribution in [3.63, 3.8) is 0 Å². The van der Waals surface area contributed by atoms with Gasteiger partial charge >= 0.3 is 6.09 Å². The summed E-state index contributed by atoms with van der Waals surface area (Å²) in [5.74, 6) is -0.391. The molecule has 0 fully saturated rings. The van der Waals surface area contributed by atoms with Crippen molar-refractivity contribution in [1.29, 1.82) is 0 Å². The molecule has 1 aromatic carbocycles. The average molecular weight is 348 g/mol. The van der Waals surface area contributed by atoms with Gasteiger partial charge in [-0.25, -0.2) is 4.79 Å². The minimum absolute atomic E-state index is 0.0970. The van der Waals surface area contributed by atoms with Crippen LogP contribution in [0.5, 0.6) is 0 Å². The summed E-state index contributed by atoms with van der Waals surface area (Å²) in [4.78, 5) is 34.8. The molecule has 3 atom stereocenters. The van der Waals surface area contributed by atoms with E-state index in [-0.39, 0.29) is 24.3 Å². The summed E-state index contributed by atoms with van der Waals surface area (Å²) in [6, 6.07) is 8.93. The number of hydrogen-bond donors (Lipinski definition) is 2. The van der Waals surface area contributed by atoms with Gasteiger partial charge in [-0.3, -0.25) is 4.79 Å². The highest BCUT2D eigenvalue weighted by Crippen LogP contribution is 2.08. The second-order valence-corrected chi connectivity index (χ2v) is 6.23. The standard InChI is InChI=1S/C19H28N2O4/c1-4-14(2)17(12-22)21-18(23)15(3)10-11-20-19(24)25-13-16-8-6-5-7-9-16/h5-9,12,14-15,17H,4,10-11,13H2,1-3H3,(H,20,24)(H,21,23)/t14-,15+,17+/m0/s1. The van der Waals surface area contributed by atoms with Crippen LogP contribution in [0.25, 0.3) is 0 Å². The minimum atomic E-state index is -0.512. The third-order valence-electron chi connectivity index (χ3n) is 4.22. The van der Waals surface area contributed by atoms with E-state index in [4.69, 9.17) is 4.74 Å². The van der Waals surface area contributed by atoms with E-state index in [2.05, 4.69) is 10.6 Å². The normalized spacial score (nSPS) is 14.0. The fraction of sp³-hybridized carbons (Fsp3) is 0.526. The Labute approximate surface area is 149 Å². The second kappa shape index (κ2) is 11.2. The molecule has 6 nitrogen and oxygen atoms in total. The van der Waals surface area contributed by atoms with Gasteiger partial charge in [0.25, 0.3) is 0 Å². The highest BCUT2D eigenvalue weighted by molar-refractivity contribution is 5.81. The molecule has 0 aliphatic rings. The van der Waals surface area contributed by atoms with E-state index in [0.29, 0.717) is 13.0 Å². The quantitative estimate of drug-likeness (QED) is 0.637. The first kappa shape index (κ1) is 20.7. The van der Waals surface area contributed by atoms with Crippen molar-refractivity contribution in [2.24, 2.45) is 11.8 Å². The first-order valence-electron chi connectivity index (χ1n) is 8.68. The molecule has 0 heterocycles. The van der Waals surface area contributed by atoms with Gasteiger partial charge in [0.2, 0.25) is 5.91 Å². The van der Waals surface area contributed by atoms with Crippen LogP contribution in [0.2, 0.25) is 0 Å². The lowest BCUT2D eigenvalue weighted by Crippen LogP contribution is -2.43. The minimum Gasteiger partial charge on any atom is -0.445 e. The van der Waals surface area contributed by atoms with Gasteiger partial charge in [-0.1, -0.05) is 57.5 Å². The number of rotatable bonds is 10. The van der Waals surface area contributed by atoms with E-state index in [1.165, 1.54) is 0 Å². The molecule has 2 amide bonds. The van der Waals surface area contributed by atoms with Gasteiger partial charge in [-0.15, -0.1) is 0 Å². The maximum atomic E-state index is 12.1. The van der Waals surface area contributed by atoms with Gasteiger partial charge in [-0.2, -0.15) is 0 Å². The van der Waals surface area contributed by atoms with Crippen molar-refractivity contribution in [1.82, 2.24) is 10.6 Å². The Morgan fingerprint density at radius 2 is 1.88 bits per heavy atom. The zero-order valence-electron chi connectivity index (χ0n) is 15.2. The van der Waals surface area contributed by atoms with Crippen LogP contribution in [0, 0.1) is 11.8 Å². The van der Waals surface area contributed by atoms with Crippen molar-refractivity contribution in [3.8, 4) is 0 Å². The smallest absolute Gasteiger partial charge is 0.407 e. The number of carbonyl (C=O) groups excluding carboxylic acids is 3. The summed E-state index contributed by atoms with van der Waals surface area (Å²) < 4.78 is 5.10. The van der Waals surface area contributed by atoms with Crippen LogP contribution in [-0.2, 0) is 20.9 Å². The molecule has 0 radical (unpaired) electrons. The van der Waals surface area contributed by atoms with Crippen molar-refractivity contribution in [2.45, 2.75) is 46.3 Å². The number of ether oxygens (including phenoxy) is 1. The van der Waals surface area contributed by atoms with Crippen LogP contribution in [0.4, 0.5) is 4.79 Å². The zero-order valence-corrected chi connectivity index (χ0v) is 15.2. The summed E-state index contributed by atoms with van der Waals surface area (Å²) >= 11 is 0. The predicted octanol–water partition coefficient (Wildman–Crippen LogP) is 2.67. The molecule has 0 saturated carbocycles. The third-order valence-corrected chi connectivity index (χ3v) is 4.22. The van der Waals surface area contributed by atoms with E-state index in [1.807, 2.05) is 44.2 Å². The number of aldehydes is 1. The second-order valence-electron chi connectivity index (χ2n) is 6.23. The van der Waals surface area contributed by atoms with Gasteiger partial charge in [0, 0.05) is 12.5 Å². The predicted molar refractivity (Wildman–Crippen MR) is 95.9 cm³/mol. The van der Waals surface area contributed by atoms with Crippen LogP contribution < -0.4 is 10.6 Å². The Morgan fingerprint density at radius 1 is 1.20 bits per heavy atom. The Morgan fingerprint density at radius 3 is 2.48 bits per heavy atom. The molecule has 1 rings (SSSR count). The number of hydrogen-bond acceptors (Lipinski definition) is 4. The van der Waals surface area contributed by atoms with Gasteiger partial charge in [0.05, 0.1) is 6.04 Å². The van der Waals surface area contributed by atoms with Crippen molar-refractivity contribution < 1.29 is 19.1 Å². The highest BCUT2D eigenvalue weighted by Gasteiger charge is 2.20. The van der Waals surface area contributed by atoms with Crippen molar-refractivity contribution >= 4 is 18.3 Å². The Kier molecular flexibility index (Phi) is 9.29. The van der Waals surface area contributed by atoms with Crippen LogP contribution in [0.15, 0.2) is 30.3 Å². The lowest BCUT2D eigenvalue weighted by atomic mass is 9.99. The van der Waals surface area contributed by atoms with Gasteiger partial charge in [0.1, 0.15) is 12.9 Å². The molecule has 0 aliphatic carbocycles. The Balaban J connectivity index is 2.26. The van der Waals surface area contributed by atoms with E-state index < -0.39 is 12.1 Å². The summed E-state index contributed by atoms with van der Waals surface area (Å²) in [5.41, 5.74) is 0.912. The number of carbonyl (C=O) groups is 3. The monoisotopic (exact) mass is 348 g/mol. The zero-order chi connectivity index (χ0) is 18.7. The fourth-order valence-corrected chi connectivity index (χ4v) is 2.17. The van der Waals surface area contributed by atoms with E-state index >= 15 is 0 Å². The van der Waals surface area contributed by atoms with Gasteiger partial charge in [-0.05, 0) is 17.9 Å².